The predicted molar refractivity (Wildman–Crippen MR) is 78.4 cm³/mol. The van der Waals surface area contributed by atoms with Crippen molar-refractivity contribution in [1.82, 2.24) is 15.5 Å². The number of nitrogens with zero attached hydrogens (tertiary/aromatic N) is 1. The van der Waals surface area contributed by atoms with Gasteiger partial charge in [-0.3, -0.25) is 9.59 Å². The zero-order chi connectivity index (χ0) is 13.5. The Kier molecular flexibility index (Phi) is 8.76. The summed E-state index contributed by atoms with van der Waals surface area (Å²) in [5.41, 5.74) is 0. The van der Waals surface area contributed by atoms with E-state index in [1.807, 2.05) is 13.8 Å². The number of amides is 2. The van der Waals surface area contributed by atoms with Gasteiger partial charge in [0.1, 0.15) is 0 Å². The Morgan fingerprint density at radius 2 is 2.11 bits per heavy atom. The second-order valence-electron chi connectivity index (χ2n) is 5.37. The predicted octanol–water partition coefficient (Wildman–Crippen LogP) is 0.781. The first kappa shape index (κ1) is 18.2. The second kappa shape index (κ2) is 9.15. The van der Waals surface area contributed by atoms with Crippen molar-refractivity contribution < 1.29 is 9.59 Å². The zero-order valence-corrected chi connectivity index (χ0v) is 12.9. The van der Waals surface area contributed by atoms with Crippen LogP contribution in [0.15, 0.2) is 0 Å². The maximum Gasteiger partial charge on any atom is 0.239 e. The summed E-state index contributed by atoms with van der Waals surface area (Å²) < 4.78 is 0. The van der Waals surface area contributed by atoms with E-state index >= 15 is 0 Å². The molecule has 1 aliphatic rings. The first-order valence-electron chi connectivity index (χ1n) is 6.73. The standard InChI is InChI=1S/C13H25N3O2.ClH/c1-10(2)15-12(17)9-16(3)13(18)5-4-11-6-7-14-8-11;/h10-11,14H,4-9H2,1-3H3,(H,15,17);1H. The lowest BCUT2D eigenvalue weighted by atomic mass is 10.0. The Morgan fingerprint density at radius 1 is 1.42 bits per heavy atom. The molecule has 1 saturated heterocycles. The zero-order valence-electron chi connectivity index (χ0n) is 12.1. The molecule has 2 N–H and O–H groups in total. The molecule has 1 rings (SSSR count). The van der Waals surface area contributed by atoms with Crippen LogP contribution >= 0.6 is 12.4 Å². The molecule has 19 heavy (non-hydrogen) atoms. The van der Waals surface area contributed by atoms with Crippen molar-refractivity contribution in [1.29, 1.82) is 0 Å². The van der Waals surface area contributed by atoms with E-state index in [0.29, 0.717) is 12.3 Å². The highest BCUT2D eigenvalue weighted by atomic mass is 35.5. The van der Waals surface area contributed by atoms with Crippen LogP contribution in [0.5, 0.6) is 0 Å². The fourth-order valence-electron chi connectivity index (χ4n) is 2.15. The largest absolute Gasteiger partial charge is 0.352 e. The van der Waals surface area contributed by atoms with Crippen molar-refractivity contribution in [3.05, 3.63) is 0 Å². The molecule has 0 aromatic rings. The molecule has 1 atom stereocenters. The van der Waals surface area contributed by atoms with E-state index < -0.39 is 0 Å². The number of likely N-dealkylation sites (N-methyl/N-ethyl adjacent to an activating group) is 1. The summed E-state index contributed by atoms with van der Waals surface area (Å²) in [5, 5.41) is 6.07. The van der Waals surface area contributed by atoms with Crippen LogP contribution in [0.25, 0.3) is 0 Å². The van der Waals surface area contributed by atoms with E-state index in [1.165, 1.54) is 4.90 Å². The van der Waals surface area contributed by atoms with Crippen LogP contribution in [0.4, 0.5) is 0 Å². The van der Waals surface area contributed by atoms with Crippen molar-refractivity contribution in [3.63, 3.8) is 0 Å². The number of hydrogen-bond donors (Lipinski definition) is 2. The van der Waals surface area contributed by atoms with Crippen LogP contribution < -0.4 is 10.6 Å². The number of carbonyl (C=O) groups is 2. The summed E-state index contributed by atoms with van der Waals surface area (Å²) in [6, 6.07) is 0.116. The Hall–Kier alpha value is -0.810. The van der Waals surface area contributed by atoms with Crippen molar-refractivity contribution in [2.75, 3.05) is 26.7 Å². The van der Waals surface area contributed by atoms with E-state index in [2.05, 4.69) is 10.6 Å². The van der Waals surface area contributed by atoms with E-state index in [0.717, 1.165) is 25.9 Å². The quantitative estimate of drug-likeness (QED) is 0.760. The molecule has 1 aliphatic heterocycles. The summed E-state index contributed by atoms with van der Waals surface area (Å²) in [6.45, 7) is 6.05. The van der Waals surface area contributed by atoms with Crippen molar-refractivity contribution in [2.24, 2.45) is 5.92 Å². The van der Waals surface area contributed by atoms with Crippen molar-refractivity contribution in [2.45, 2.75) is 39.2 Å². The molecular weight excluding hydrogens is 266 g/mol. The lowest BCUT2D eigenvalue weighted by Gasteiger charge is -2.18. The molecular formula is C13H26ClN3O2. The second-order valence-corrected chi connectivity index (χ2v) is 5.37. The van der Waals surface area contributed by atoms with Gasteiger partial charge in [-0.05, 0) is 45.7 Å². The van der Waals surface area contributed by atoms with Crippen LogP contribution in [0, 0.1) is 5.92 Å². The molecule has 5 nitrogen and oxygen atoms in total. The van der Waals surface area contributed by atoms with Crippen LogP contribution in [0.1, 0.15) is 33.1 Å². The molecule has 1 unspecified atom stereocenters. The maximum absolute atomic E-state index is 11.8. The summed E-state index contributed by atoms with van der Waals surface area (Å²) >= 11 is 0. The molecule has 0 aromatic carbocycles. The van der Waals surface area contributed by atoms with Gasteiger partial charge in [0.2, 0.25) is 11.8 Å². The van der Waals surface area contributed by atoms with Gasteiger partial charge in [0.05, 0.1) is 6.54 Å². The molecule has 1 heterocycles. The third-order valence-corrected chi connectivity index (χ3v) is 3.19. The minimum absolute atomic E-state index is 0. The fraction of sp³-hybridized carbons (Fsp3) is 0.846. The molecule has 0 radical (unpaired) electrons. The topological polar surface area (TPSA) is 61.4 Å². The average Bonchev–Trinajstić information content (AvgIpc) is 2.77. The summed E-state index contributed by atoms with van der Waals surface area (Å²) in [4.78, 5) is 24.9. The average molecular weight is 292 g/mol. The highest BCUT2D eigenvalue weighted by Crippen LogP contribution is 2.14. The first-order chi connectivity index (χ1) is 8.49. The molecule has 0 bridgehead atoms. The normalized spacial score (nSPS) is 18.0. The minimum atomic E-state index is -0.0941. The van der Waals surface area contributed by atoms with Gasteiger partial charge in [0, 0.05) is 19.5 Å². The number of hydrogen-bond acceptors (Lipinski definition) is 3. The Labute approximate surface area is 121 Å². The molecule has 2 amide bonds. The number of nitrogens with one attached hydrogen (secondary N) is 2. The van der Waals surface area contributed by atoms with E-state index in [-0.39, 0.29) is 36.8 Å². The molecule has 1 fully saturated rings. The lowest BCUT2D eigenvalue weighted by Crippen LogP contribution is -2.40. The van der Waals surface area contributed by atoms with Gasteiger partial charge >= 0.3 is 0 Å². The Bertz CT molecular complexity index is 292. The Morgan fingerprint density at radius 3 is 2.63 bits per heavy atom. The number of carbonyl (C=O) groups excluding carboxylic acids is 2. The van der Waals surface area contributed by atoms with Crippen LogP contribution in [0.2, 0.25) is 0 Å². The smallest absolute Gasteiger partial charge is 0.239 e. The van der Waals surface area contributed by atoms with Crippen LogP contribution in [-0.4, -0.2) is 49.4 Å². The first-order valence-corrected chi connectivity index (χ1v) is 6.73. The molecule has 6 heteroatoms. The highest BCUT2D eigenvalue weighted by Gasteiger charge is 2.18. The third kappa shape index (κ3) is 7.38. The maximum atomic E-state index is 11.8. The fourth-order valence-corrected chi connectivity index (χ4v) is 2.15. The van der Waals surface area contributed by atoms with Crippen LogP contribution in [-0.2, 0) is 9.59 Å². The van der Waals surface area contributed by atoms with E-state index in [9.17, 15) is 9.59 Å². The van der Waals surface area contributed by atoms with Crippen molar-refractivity contribution in [3.8, 4) is 0 Å². The highest BCUT2D eigenvalue weighted by molar-refractivity contribution is 5.85. The molecule has 0 aliphatic carbocycles. The number of rotatable bonds is 6. The number of halogens is 1. The SMILES string of the molecule is CC(C)NC(=O)CN(C)C(=O)CCC1CCNC1.Cl. The van der Waals surface area contributed by atoms with Gasteiger partial charge in [-0.2, -0.15) is 0 Å². The molecule has 0 aromatic heterocycles. The van der Waals surface area contributed by atoms with E-state index in [1.54, 1.807) is 7.05 Å². The van der Waals surface area contributed by atoms with Gasteiger partial charge in [0.25, 0.3) is 0 Å². The van der Waals surface area contributed by atoms with E-state index in [4.69, 9.17) is 0 Å². The molecule has 0 saturated carbocycles. The van der Waals surface area contributed by atoms with Gasteiger partial charge < -0.3 is 15.5 Å². The van der Waals surface area contributed by atoms with Crippen molar-refractivity contribution >= 4 is 24.2 Å². The van der Waals surface area contributed by atoms with Crippen LogP contribution in [0.3, 0.4) is 0 Å². The van der Waals surface area contributed by atoms with Gasteiger partial charge in [-0.15, -0.1) is 12.4 Å². The summed E-state index contributed by atoms with van der Waals surface area (Å²) in [5.74, 6) is 0.580. The molecule has 112 valence electrons. The summed E-state index contributed by atoms with van der Waals surface area (Å²) in [6.07, 6.45) is 2.62. The van der Waals surface area contributed by atoms with Gasteiger partial charge in [-0.1, -0.05) is 0 Å². The Balaban J connectivity index is 0.00000324. The summed E-state index contributed by atoms with van der Waals surface area (Å²) in [7, 11) is 1.69. The lowest BCUT2D eigenvalue weighted by molar-refractivity contribution is -0.135. The minimum Gasteiger partial charge on any atom is -0.352 e. The molecule has 0 spiro atoms. The van der Waals surface area contributed by atoms with Gasteiger partial charge in [0.15, 0.2) is 0 Å². The third-order valence-electron chi connectivity index (χ3n) is 3.19. The van der Waals surface area contributed by atoms with Gasteiger partial charge in [-0.25, -0.2) is 0 Å². The monoisotopic (exact) mass is 291 g/mol.